The summed E-state index contributed by atoms with van der Waals surface area (Å²) in [6.45, 7) is 8.74. The number of hydrogen-bond acceptors (Lipinski definition) is 2. The van der Waals surface area contributed by atoms with Crippen LogP contribution < -0.4 is 20.4 Å². The van der Waals surface area contributed by atoms with Gasteiger partial charge in [-0.15, -0.1) is 0 Å². The Morgan fingerprint density at radius 2 is 1.96 bits per heavy atom. The van der Waals surface area contributed by atoms with Crippen LogP contribution in [0.3, 0.4) is 0 Å². The van der Waals surface area contributed by atoms with Gasteiger partial charge in [-0.2, -0.15) is 0 Å². The van der Waals surface area contributed by atoms with E-state index in [1.165, 1.54) is 4.90 Å². The molecule has 25 heavy (non-hydrogen) atoms. The normalized spacial score (nSPS) is 17.2. The molecule has 6 nitrogen and oxygen atoms in total. The summed E-state index contributed by atoms with van der Waals surface area (Å²) in [6.07, 6.45) is 1.27. The third kappa shape index (κ3) is 5.90. The summed E-state index contributed by atoms with van der Waals surface area (Å²) in [7, 11) is 0. The molecular weight excluding hydrogens is 340 g/mol. The first-order valence-electron chi connectivity index (χ1n) is 8.97. The maximum absolute atomic E-state index is 12.2. The summed E-state index contributed by atoms with van der Waals surface area (Å²) >= 11 is 5.88. The molecule has 0 bridgehead atoms. The third-order valence-corrected chi connectivity index (χ3v) is 4.84. The Labute approximate surface area is 154 Å². The molecule has 138 valence electrons. The van der Waals surface area contributed by atoms with Crippen molar-refractivity contribution in [3.8, 4) is 0 Å². The van der Waals surface area contributed by atoms with Gasteiger partial charge in [0, 0.05) is 36.6 Å². The van der Waals surface area contributed by atoms with Gasteiger partial charge in [-0.1, -0.05) is 11.6 Å². The molecule has 1 aliphatic heterocycles. The predicted molar refractivity (Wildman–Crippen MR) is 100 cm³/mol. The second kappa shape index (κ2) is 9.63. The van der Waals surface area contributed by atoms with Crippen LogP contribution in [0.4, 0.5) is 10.5 Å². The first-order chi connectivity index (χ1) is 12.0. The maximum atomic E-state index is 12.2. The minimum absolute atomic E-state index is 0.0118. The Kier molecular flexibility index (Phi) is 7.52. The lowest BCUT2D eigenvalue weighted by Crippen LogP contribution is -3.11. The molecule has 0 saturated carbocycles. The van der Waals surface area contributed by atoms with E-state index in [-0.39, 0.29) is 18.0 Å². The number of carbonyl (C=O) groups excluding carboxylic acids is 2. The van der Waals surface area contributed by atoms with Gasteiger partial charge in [0.15, 0.2) is 0 Å². The number of halogens is 1. The fourth-order valence-corrected chi connectivity index (χ4v) is 3.18. The molecule has 1 saturated heterocycles. The van der Waals surface area contributed by atoms with Crippen LogP contribution in [0.1, 0.15) is 26.7 Å². The number of quaternary nitrogens is 1. The third-order valence-electron chi connectivity index (χ3n) is 4.59. The van der Waals surface area contributed by atoms with E-state index in [0.717, 1.165) is 31.7 Å². The highest BCUT2D eigenvalue weighted by molar-refractivity contribution is 6.30. The average molecular weight is 368 g/mol. The standard InChI is InChI=1S/C18H27ClN4O2/c1-3-22(4-2)11-5-10-20-18(25)21-15-12-17(24)23(13-15)16-8-6-14(19)7-9-16/h6-9,15H,3-5,10-13H2,1-2H3,(H2,20,21,25)/p+1/t15-/m1/s1. The van der Waals surface area contributed by atoms with Crippen molar-refractivity contribution < 1.29 is 14.5 Å². The molecule has 3 amide bonds. The predicted octanol–water partition coefficient (Wildman–Crippen LogP) is 1.06. The first kappa shape index (κ1) is 19.5. The highest BCUT2D eigenvalue weighted by Crippen LogP contribution is 2.23. The molecule has 3 N–H and O–H groups in total. The van der Waals surface area contributed by atoms with Crippen molar-refractivity contribution in [2.24, 2.45) is 0 Å². The molecule has 1 aromatic rings. The van der Waals surface area contributed by atoms with Crippen molar-refractivity contribution in [1.29, 1.82) is 0 Å². The molecule has 1 atom stereocenters. The van der Waals surface area contributed by atoms with E-state index in [1.54, 1.807) is 17.0 Å². The summed E-state index contributed by atoms with van der Waals surface area (Å²) < 4.78 is 0. The Bertz CT molecular complexity index is 575. The number of benzene rings is 1. The molecule has 2 rings (SSSR count). The van der Waals surface area contributed by atoms with Crippen LogP contribution in [0.25, 0.3) is 0 Å². The van der Waals surface area contributed by atoms with Gasteiger partial charge in [-0.25, -0.2) is 4.79 Å². The first-order valence-corrected chi connectivity index (χ1v) is 9.35. The van der Waals surface area contributed by atoms with Crippen LogP contribution in [0.5, 0.6) is 0 Å². The zero-order chi connectivity index (χ0) is 18.2. The van der Waals surface area contributed by atoms with Crippen molar-refractivity contribution >= 4 is 29.2 Å². The van der Waals surface area contributed by atoms with E-state index in [4.69, 9.17) is 11.6 Å². The Balaban J connectivity index is 1.73. The quantitative estimate of drug-likeness (QED) is 0.601. The lowest BCUT2D eigenvalue weighted by atomic mass is 10.2. The molecular formula is C18H28ClN4O2+. The van der Waals surface area contributed by atoms with Gasteiger partial charge in [0.25, 0.3) is 0 Å². The molecule has 0 aliphatic carbocycles. The van der Waals surface area contributed by atoms with Crippen LogP contribution in [0, 0.1) is 0 Å². The Morgan fingerprint density at radius 1 is 1.28 bits per heavy atom. The molecule has 0 radical (unpaired) electrons. The van der Waals surface area contributed by atoms with Gasteiger partial charge >= 0.3 is 6.03 Å². The van der Waals surface area contributed by atoms with E-state index in [0.29, 0.717) is 24.5 Å². The monoisotopic (exact) mass is 367 g/mol. The average Bonchev–Trinajstić information content (AvgIpc) is 2.96. The Hall–Kier alpha value is -1.79. The molecule has 1 heterocycles. The molecule has 7 heteroatoms. The van der Waals surface area contributed by atoms with Gasteiger partial charge in [-0.05, 0) is 38.1 Å². The molecule has 0 aromatic heterocycles. The molecule has 1 aliphatic rings. The number of carbonyl (C=O) groups is 2. The van der Waals surface area contributed by atoms with Crippen molar-refractivity contribution in [3.05, 3.63) is 29.3 Å². The summed E-state index contributed by atoms with van der Waals surface area (Å²) in [5.41, 5.74) is 0.807. The van der Waals surface area contributed by atoms with Crippen LogP contribution >= 0.6 is 11.6 Å². The lowest BCUT2D eigenvalue weighted by Gasteiger charge is -2.18. The zero-order valence-electron chi connectivity index (χ0n) is 15.0. The fourth-order valence-electron chi connectivity index (χ4n) is 3.06. The fraction of sp³-hybridized carbons (Fsp3) is 0.556. The van der Waals surface area contributed by atoms with E-state index < -0.39 is 0 Å². The minimum atomic E-state index is -0.203. The molecule has 1 aromatic carbocycles. The number of nitrogens with zero attached hydrogens (tertiary/aromatic N) is 1. The number of hydrogen-bond donors (Lipinski definition) is 3. The van der Waals surface area contributed by atoms with E-state index in [2.05, 4.69) is 24.5 Å². The molecule has 0 unspecified atom stereocenters. The summed E-state index contributed by atoms with van der Waals surface area (Å²) in [5, 5.41) is 6.41. The number of urea groups is 1. The second-order valence-electron chi connectivity index (χ2n) is 6.34. The van der Waals surface area contributed by atoms with Crippen LogP contribution in [-0.2, 0) is 4.79 Å². The van der Waals surface area contributed by atoms with Gasteiger partial charge in [0.05, 0.1) is 25.7 Å². The highest BCUT2D eigenvalue weighted by atomic mass is 35.5. The SMILES string of the molecule is CC[NH+](CC)CCCNC(=O)N[C@@H]1CC(=O)N(c2ccc(Cl)cc2)C1. The van der Waals surface area contributed by atoms with Gasteiger partial charge in [0.1, 0.15) is 0 Å². The smallest absolute Gasteiger partial charge is 0.315 e. The van der Waals surface area contributed by atoms with E-state index in [9.17, 15) is 9.59 Å². The van der Waals surface area contributed by atoms with Crippen molar-refractivity contribution in [1.82, 2.24) is 10.6 Å². The molecule has 1 fully saturated rings. The second-order valence-corrected chi connectivity index (χ2v) is 6.78. The summed E-state index contributed by atoms with van der Waals surface area (Å²) in [6, 6.07) is 6.78. The lowest BCUT2D eigenvalue weighted by molar-refractivity contribution is -0.896. The van der Waals surface area contributed by atoms with Gasteiger partial charge < -0.3 is 20.4 Å². The number of amides is 3. The number of anilines is 1. The van der Waals surface area contributed by atoms with E-state index >= 15 is 0 Å². The van der Waals surface area contributed by atoms with Crippen LogP contribution in [0.2, 0.25) is 5.02 Å². The van der Waals surface area contributed by atoms with Crippen molar-refractivity contribution in [2.75, 3.05) is 37.6 Å². The zero-order valence-corrected chi connectivity index (χ0v) is 15.7. The highest BCUT2D eigenvalue weighted by Gasteiger charge is 2.31. The van der Waals surface area contributed by atoms with Crippen molar-refractivity contribution in [3.63, 3.8) is 0 Å². The largest absolute Gasteiger partial charge is 0.338 e. The minimum Gasteiger partial charge on any atom is -0.338 e. The topological polar surface area (TPSA) is 65.9 Å². The van der Waals surface area contributed by atoms with E-state index in [1.807, 2.05) is 12.1 Å². The Morgan fingerprint density at radius 3 is 2.60 bits per heavy atom. The van der Waals surface area contributed by atoms with Gasteiger partial charge in [-0.3, -0.25) is 4.79 Å². The van der Waals surface area contributed by atoms with Crippen molar-refractivity contribution in [2.45, 2.75) is 32.7 Å². The number of nitrogens with one attached hydrogen (secondary N) is 3. The number of rotatable bonds is 8. The summed E-state index contributed by atoms with van der Waals surface area (Å²) in [5.74, 6) is 0.0118. The maximum Gasteiger partial charge on any atom is 0.315 e. The van der Waals surface area contributed by atoms with Crippen LogP contribution in [-0.4, -0.2) is 50.7 Å². The van der Waals surface area contributed by atoms with Crippen LogP contribution in [0.15, 0.2) is 24.3 Å². The molecule has 0 spiro atoms. The summed E-state index contributed by atoms with van der Waals surface area (Å²) in [4.78, 5) is 27.4. The van der Waals surface area contributed by atoms with Gasteiger partial charge in [0.2, 0.25) is 5.91 Å².